The van der Waals surface area contributed by atoms with Crippen LogP contribution in [0, 0.1) is 0 Å². The fourth-order valence-corrected chi connectivity index (χ4v) is 4.43. The van der Waals surface area contributed by atoms with Gasteiger partial charge in [-0.05, 0) is 66.6 Å². The molecule has 9 heteroatoms. The molecule has 0 aliphatic carbocycles. The maximum atomic E-state index is 13.0. The number of amides is 1. The minimum Gasteiger partial charge on any atom is -0.497 e. The molecule has 4 rings (SSSR count). The van der Waals surface area contributed by atoms with Crippen LogP contribution in [-0.4, -0.2) is 28.5 Å². The third-order valence-electron chi connectivity index (χ3n) is 4.99. The van der Waals surface area contributed by atoms with Crippen molar-refractivity contribution >= 4 is 27.3 Å². The molecule has 0 fully saturated rings. The molecular weight excluding hydrogens is 432 g/mol. The average molecular weight is 455 g/mol. The summed E-state index contributed by atoms with van der Waals surface area (Å²) < 4.78 is 44.9. The zero-order valence-electron chi connectivity index (χ0n) is 17.5. The highest BCUT2D eigenvalue weighted by Gasteiger charge is 2.20. The first-order valence-electron chi connectivity index (χ1n) is 9.83. The minimum atomic E-state index is -3.85. The summed E-state index contributed by atoms with van der Waals surface area (Å²) in [4.78, 5) is 11.6. The molecule has 0 bridgehead atoms. The van der Waals surface area contributed by atoms with E-state index >= 15 is 0 Å². The number of carbonyl (C=O) groups excluding carboxylic acids is 1. The molecule has 166 valence electrons. The number of hydrogen-bond donors (Lipinski definition) is 2. The van der Waals surface area contributed by atoms with Gasteiger partial charge in [0.1, 0.15) is 11.5 Å². The summed E-state index contributed by atoms with van der Waals surface area (Å²) in [6.07, 6.45) is 0.821. The number of rotatable bonds is 7. The number of sulfonamides is 1. The van der Waals surface area contributed by atoms with E-state index in [1.54, 1.807) is 61.7 Å². The fourth-order valence-electron chi connectivity index (χ4n) is 3.33. The van der Waals surface area contributed by atoms with Gasteiger partial charge in [-0.15, -0.1) is 0 Å². The van der Waals surface area contributed by atoms with Crippen LogP contribution in [0.2, 0.25) is 0 Å². The molecule has 1 amide bonds. The van der Waals surface area contributed by atoms with Gasteiger partial charge >= 0.3 is 0 Å². The Bertz CT molecular complexity index is 1260. The Kier molecular flexibility index (Phi) is 5.91. The standard InChI is InChI=1S/C23H22N2O6S/c1-29-17-5-7-18(8-6-17)31-22-14-16(4-11-21(22)30-2)25-32(27,28)19-9-10-20-15(13-19)3-12-23(26)24-20/h4-11,13-14,25H,3,12H2,1-2H3,(H,24,26). The van der Waals surface area contributed by atoms with Crippen molar-refractivity contribution in [3.63, 3.8) is 0 Å². The molecule has 3 aromatic carbocycles. The first-order chi connectivity index (χ1) is 15.4. The van der Waals surface area contributed by atoms with E-state index in [9.17, 15) is 13.2 Å². The second-order valence-corrected chi connectivity index (χ2v) is 8.80. The molecule has 1 aliphatic rings. The molecule has 1 heterocycles. The lowest BCUT2D eigenvalue weighted by atomic mass is 10.0. The normalized spacial score (nSPS) is 13.0. The molecule has 0 saturated carbocycles. The van der Waals surface area contributed by atoms with Crippen molar-refractivity contribution in [3.05, 3.63) is 66.2 Å². The SMILES string of the molecule is COc1ccc(Oc2cc(NS(=O)(=O)c3ccc4c(c3)CCC(=O)N4)ccc2OC)cc1. The molecule has 0 atom stereocenters. The summed E-state index contributed by atoms with van der Waals surface area (Å²) in [5.74, 6) is 1.96. The summed E-state index contributed by atoms with van der Waals surface area (Å²) in [6.45, 7) is 0. The van der Waals surface area contributed by atoms with E-state index in [1.165, 1.54) is 13.2 Å². The van der Waals surface area contributed by atoms with Gasteiger partial charge in [-0.3, -0.25) is 9.52 Å². The molecule has 3 aromatic rings. The topological polar surface area (TPSA) is 103 Å². The van der Waals surface area contributed by atoms with Crippen LogP contribution < -0.4 is 24.2 Å². The number of ether oxygens (including phenoxy) is 3. The van der Waals surface area contributed by atoms with Crippen LogP contribution in [0.15, 0.2) is 65.6 Å². The van der Waals surface area contributed by atoms with Gasteiger partial charge in [0.2, 0.25) is 5.91 Å². The number of hydrogen-bond acceptors (Lipinski definition) is 6. The highest BCUT2D eigenvalue weighted by atomic mass is 32.2. The third-order valence-corrected chi connectivity index (χ3v) is 6.36. The van der Waals surface area contributed by atoms with Gasteiger partial charge in [-0.25, -0.2) is 8.42 Å². The lowest BCUT2D eigenvalue weighted by molar-refractivity contribution is -0.116. The zero-order chi connectivity index (χ0) is 22.7. The molecule has 2 N–H and O–H groups in total. The van der Waals surface area contributed by atoms with Gasteiger partial charge in [0.05, 0.1) is 24.8 Å². The van der Waals surface area contributed by atoms with Gasteiger partial charge in [-0.2, -0.15) is 0 Å². The van der Waals surface area contributed by atoms with Crippen molar-refractivity contribution < 1.29 is 27.4 Å². The molecule has 1 aliphatic heterocycles. The van der Waals surface area contributed by atoms with Crippen LogP contribution in [0.3, 0.4) is 0 Å². The number of nitrogens with one attached hydrogen (secondary N) is 2. The van der Waals surface area contributed by atoms with Crippen LogP contribution in [0.1, 0.15) is 12.0 Å². The fraction of sp³-hybridized carbons (Fsp3) is 0.174. The van der Waals surface area contributed by atoms with Crippen molar-refractivity contribution in [1.29, 1.82) is 0 Å². The Morgan fingerprint density at radius 2 is 1.59 bits per heavy atom. The van der Waals surface area contributed by atoms with Crippen LogP contribution >= 0.6 is 0 Å². The number of methoxy groups -OCH3 is 2. The smallest absolute Gasteiger partial charge is 0.261 e. The monoisotopic (exact) mass is 454 g/mol. The van der Waals surface area contributed by atoms with Gasteiger partial charge < -0.3 is 19.5 Å². The molecule has 0 spiro atoms. The van der Waals surface area contributed by atoms with Gasteiger partial charge in [0, 0.05) is 18.2 Å². The summed E-state index contributed by atoms with van der Waals surface area (Å²) in [5.41, 5.74) is 1.74. The Morgan fingerprint density at radius 3 is 2.31 bits per heavy atom. The summed E-state index contributed by atoms with van der Waals surface area (Å²) >= 11 is 0. The molecule has 0 saturated heterocycles. The predicted molar refractivity (Wildman–Crippen MR) is 120 cm³/mol. The van der Waals surface area contributed by atoms with Crippen LogP contribution in [-0.2, 0) is 21.2 Å². The zero-order valence-corrected chi connectivity index (χ0v) is 18.4. The van der Waals surface area contributed by atoms with E-state index in [2.05, 4.69) is 10.0 Å². The van der Waals surface area contributed by atoms with Gasteiger partial charge in [-0.1, -0.05) is 0 Å². The third kappa shape index (κ3) is 4.62. The highest BCUT2D eigenvalue weighted by Crippen LogP contribution is 2.35. The maximum absolute atomic E-state index is 13.0. The van der Waals surface area contributed by atoms with Crippen LogP contribution in [0.25, 0.3) is 0 Å². The molecule has 0 unspecified atom stereocenters. The van der Waals surface area contributed by atoms with E-state index in [4.69, 9.17) is 14.2 Å². The molecule has 0 aromatic heterocycles. The number of aryl methyl sites for hydroxylation is 1. The van der Waals surface area contributed by atoms with E-state index in [0.29, 0.717) is 47.2 Å². The van der Waals surface area contributed by atoms with E-state index < -0.39 is 10.0 Å². The second-order valence-electron chi connectivity index (χ2n) is 7.12. The second kappa shape index (κ2) is 8.80. The maximum Gasteiger partial charge on any atom is 0.261 e. The number of anilines is 2. The largest absolute Gasteiger partial charge is 0.497 e. The Labute approximate surface area is 186 Å². The number of benzene rings is 3. The van der Waals surface area contributed by atoms with Crippen molar-refractivity contribution in [3.8, 4) is 23.0 Å². The van der Waals surface area contributed by atoms with E-state index in [-0.39, 0.29) is 10.8 Å². The Morgan fingerprint density at radius 1 is 0.844 bits per heavy atom. The van der Waals surface area contributed by atoms with Crippen LogP contribution in [0.5, 0.6) is 23.0 Å². The van der Waals surface area contributed by atoms with Crippen molar-refractivity contribution in [2.24, 2.45) is 0 Å². The van der Waals surface area contributed by atoms with E-state index in [0.717, 1.165) is 5.56 Å². The quantitative estimate of drug-likeness (QED) is 0.555. The predicted octanol–water partition coefficient (Wildman–Crippen LogP) is 4.18. The Balaban J connectivity index is 1.58. The highest BCUT2D eigenvalue weighted by molar-refractivity contribution is 7.92. The van der Waals surface area contributed by atoms with Crippen molar-refractivity contribution in [2.45, 2.75) is 17.7 Å². The van der Waals surface area contributed by atoms with Gasteiger partial charge in [0.25, 0.3) is 10.0 Å². The molecular formula is C23H22N2O6S. The summed E-state index contributed by atoms with van der Waals surface area (Å²) in [5, 5.41) is 2.75. The summed E-state index contributed by atoms with van der Waals surface area (Å²) in [7, 11) is -0.772. The first-order valence-corrected chi connectivity index (χ1v) is 11.3. The number of carbonyl (C=O) groups is 1. The minimum absolute atomic E-state index is 0.0751. The van der Waals surface area contributed by atoms with Crippen LogP contribution in [0.4, 0.5) is 11.4 Å². The van der Waals surface area contributed by atoms with Crippen molar-refractivity contribution in [2.75, 3.05) is 24.3 Å². The van der Waals surface area contributed by atoms with E-state index in [1.807, 2.05) is 0 Å². The summed E-state index contributed by atoms with van der Waals surface area (Å²) in [6, 6.07) is 16.4. The molecule has 0 radical (unpaired) electrons. The van der Waals surface area contributed by atoms with Gasteiger partial charge in [0.15, 0.2) is 11.5 Å². The average Bonchev–Trinajstić information content (AvgIpc) is 2.79. The van der Waals surface area contributed by atoms with Crippen molar-refractivity contribution in [1.82, 2.24) is 0 Å². The Hall–Kier alpha value is -3.72. The molecule has 32 heavy (non-hydrogen) atoms. The number of fused-ring (bicyclic) bond motifs is 1. The molecule has 8 nitrogen and oxygen atoms in total. The first kappa shape index (κ1) is 21.5. The lowest BCUT2D eigenvalue weighted by Crippen LogP contribution is -2.20. The lowest BCUT2D eigenvalue weighted by Gasteiger charge is -2.18.